The van der Waals surface area contributed by atoms with E-state index in [0.29, 0.717) is 28.0 Å². The molecular weight excluding hydrogens is 348 g/mol. The van der Waals surface area contributed by atoms with Crippen LogP contribution in [0.2, 0.25) is 0 Å². The maximum absolute atomic E-state index is 12.0. The molecule has 0 unspecified atom stereocenters. The summed E-state index contributed by atoms with van der Waals surface area (Å²) in [7, 11) is -3.41. The van der Waals surface area contributed by atoms with E-state index in [9.17, 15) is 13.2 Å². The van der Waals surface area contributed by atoms with Crippen LogP contribution in [0.5, 0.6) is 0 Å². The van der Waals surface area contributed by atoms with Crippen LogP contribution in [0.25, 0.3) is 0 Å². The maximum atomic E-state index is 12.0. The minimum atomic E-state index is -3.41. The molecule has 0 aliphatic rings. The Bertz CT molecular complexity index is 740. The number of anilines is 1. The summed E-state index contributed by atoms with van der Waals surface area (Å²) in [6.07, 6.45) is 2.45. The number of hydrogen-bond donors (Lipinski definition) is 3. The first-order valence-electron chi connectivity index (χ1n) is 6.07. The molecule has 12 heteroatoms. The van der Waals surface area contributed by atoms with Crippen molar-refractivity contribution in [2.75, 3.05) is 23.3 Å². The molecule has 0 saturated heterocycles. The second kappa shape index (κ2) is 7.07. The number of aromatic amines is 1. The van der Waals surface area contributed by atoms with Crippen molar-refractivity contribution in [1.82, 2.24) is 25.5 Å². The molecule has 9 nitrogen and oxygen atoms in total. The number of rotatable bonds is 7. The molecule has 1 amide bonds. The largest absolute Gasteiger partial charge is 0.350 e. The van der Waals surface area contributed by atoms with Crippen LogP contribution in [0.4, 0.5) is 5.13 Å². The monoisotopic (exact) mass is 362 g/mol. The fourth-order valence-corrected chi connectivity index (χ4v) is 3.82. The minimum absolute atomic E-state index is 0.182. The van der Waals surface area contributed by atoms with Crippen LogP contribution in [0.3, 0.4) is 0 Å². The Kier molecular flexibility index (Phi) is 5.37. The Labute approximate surface area is 135 Å². The summed E-state index contributed by atoms with van der Waals surface area (Å²) >= 11 is 2.44. The van der Waals surface area contributed by atoms with Gasteiger partial charge in [-0.25, -0.2) is 18.4 Å². The van der Waals surface area contributed by atoms with Gasteiger partial charge >= 0.3 is 0 Å². The summed E-state index contributed by atoms with van der Waals surface area (Å²) in [6.45, 7) is 2.10. The van der Waals surface area contributed by atoms with E-state index in [2.05, 4.69) is 30.2 Å². The first-order chi connectivity index (χ1) is 10.3. The zero-order valence-electron chi connectivity index (χ0n) is 11.8. The fraction of sp³-hybridized carbons (Fsp3) is 0.400. The van der Waals surface area contributed by atoms with E-state index in [1.165, 1.54) is 18.1 Å². The standard InChI is InChI=1S/C10H14N6O3S3/c1-6-7(21-10(14-6)16-22(2,18)19)8(17)11-3-4-20-9-12-5-13-15-9/h5H,3-4H2,1-2H3,(H,11,17)(H,14,16)(H,12,13,15). The van der Waals surface area contributed by atoms with Crippen molar-refractivity contribution in [3.8, 4) is 0 Å². The Morgan fingerprint density at radius 3 is 2.91 bits per heavy atom. The van der Waals surface area contributed by atoms with Crippen molar-refractivity contribution >= 4 is 44.2 Å². The van der Waals surface area contributed by atoms with Crippen LogP contribution in [0, 0.1) is 6.92 Å². The first-order valence-corrected chi connectivity index (χ1v) is 9.76. The van der Waals surface area contributed by atoms with Gasteiger partial charge in [0, 0.05) is 12.3 Å². The molecule has 0 aliphatic carbocycles. The second-order valence-corrected chi connectivity index (χ2v) is 8.03. The van der Waals surface area contributed by atoms with Gasteiger partial charge in [-0.2, -0.15) is 5.10 Å². The minimum Gasteiger partial charge on any atom is -0.350 e. The fourth-order valence-electron chi connectivity index (χ4n) is 1.47. The highest BCUT2D eigenvalue weighted by molar-refractivity contribution is 7.99. The van der Waals surface area contributed by atoms with Gasteiger partial charge in [-0.1, -0.05) is 23.1 Å². The quantitative estimate of drug-likeness (QED) is 0.482. The van der Waals surface area contributed by atoms with Gasteiger partial charge in [-0.15, -0.1) is 0 Å². The number of aromatic nitrogens is 4. The summed E-state index contributed by atoms with van der Waals surface area (Å²) in [6, 6.07) is 0. The number of hydrogen-bond acceptors (Lipinski definition) is 8. The lowest BCUT2D eigenvalue weighted by Gasteiger charge is -2.02. The number of carbonyl (C=O) groups is 1. The van der Waals surface area contributed by atoms with Gasteiger partial charge in [0.25, 0.3) is 5.91 Å². The molecule has 0 radical (unpaired) electrons. The van der Waals surface area contributed by atoms with Crippen LogP contribution in [0.15, 0.2) is 11.5 Å². The summed E-state index contributed by atoms with van der Waals surface area (Å²) in [5.74, 6) is 0.350. The third kappa shape index (κ3) is 4.96. The second-order valence-electron chi connectivity index (χ2n) is 4.20. The Balaban J connectivity index is 1.86. The van der Waals surface area contributed by atoms with Gasteiger partial charge in [-0.3, -0.25) is 14.6 Å². The van der Waals surface area contributed by atoms with Crippen molar-refractivity contribution in [1.29, 1.82) is 0 Å². The molecule has 2 aromatic heterocycles. The number of amides is 1. The average Bonchev–Trinajstić information content (AvgIpc) is 3.02. The van der Waals surface area contributed by atoms with E-state index < -0.39 is 10.0 Å². The molecule has 2 rings (SSSR count). The third-order valence-corrected chi connectivity index (χ3v) is 4.94. The van der Waals surface area contributed by atoms with Crippen molar-refractivity contribution in [2.45, 2.75) is 12.1 Å². The van der Waals surface area contributed by atoms with Gasteiger partial charge in [0.05, 0.1) is 11.9 Å². The smallest absolute Gasteiger partial charge is 0.263 e. The zero-order valence-corrected chi connectivity index (χ0v) is 14.2. The molecule has 0 atom stereocenters. The van der Waals surface area contributed by atoms with E-state index in [0.717, 1.165) is 17.6 Å². The number of thiazole rings is 1. The lowest BCUT2D eigenvalue weighted by atomic mass is 10.4. The Hall–Kier alpha value is -1.66. The van der Waals surface area contributed by atoms with Crippen LogP contribution in [0.1, 0.15) is 15.4 Å². The molecule has 0 aromatic carbocycles. The molecule has 2 aromatic rings. The molecule has 0 fully saturated rings. The van der Waals surface area contributed by atoms with Crippen LogP contribution in [-0.4, -0.2) is 53.0 Å². The predicted molar refractivity (Wildman–Crippen MR) is 84.8 cm³/mol. The average molecular weight is 362 g/mol. The van der Waals surface area contributed by atoms with Gasteiger partial charge in [0.2, 0.25) is 10.0 Å². The maximum Gasteiger partial charge on any atom is 0.263 e. The number of carbonyl (C=O) groups excluding carboxylic acids is 1. The molecule has 2 heterocycles. The molecule has 0 bridgehead atoms. The molecule has 22 heavy (non-hydrogen) atoms. The highest BCUT2D eigenvalue weighted by Crippen LogP contribution is 2.23. The van der Waals surface area contributed by atoms with Crippen molar-refractivity contribution in [2.24, 2.45) is 0 Å². The van der Waals surface area contributed by atoms with E-state index in [1.807, 2.05) is 0 Å². The van der Waals surface area contributed by atoms with E-state index in [1.54, 1.807) is 6.92 Å². The summed E-state index contributed by atoms with van der Waals surface area (Å²) in [5, 5.41) is 10.0. The molecule has 0 spiro atoms. The van der Waals surface area contributed by atoms with E-state index >= 15 is 0 Å². The number of nitrogens with one attached hydrogen (secondary N) is 3. The topological polar surface area (TPSA) is 130 Å². The molecule has 0 saturated carbocycles. The third-order valence-electron chi connectivity index (χ3n) is 2.29. The van der Waals surface area contributed by atoms with Crippen LogP contribution < -0.4 is 10.0 Å². The SMILES string of the molecule is Cc1nc(NS(C)(=O)=O)sc1C(=O)NCCSc1ncn[nH]1. The van der Waals surface area contributed by atoms with Gasteiger partial charge in [0.15, 0.2) is 10.3 Å². The Morgan fingerprint density at radius 1 is 1.50 bits per heavy atom. The number of sulfonamides is 1. The lowest BCUT2D eigenvalue weighted by Crippen LogP contribution is -2.25. The number of nitrogens with zero attached hydrogens (tertiary/aromatic N) is 3. The van der Waals surface area contributed by atoms with Crippen molar-refractivity contribution in [3.05, 3.63) is 16.9 Å². The highest BCUT2D eigenvalue weighted by atomic mass is 32.2. The Morgan fingerprint density at radius 2 is 2.27 bits per heavy atom. The summed E-state index contributed by atoms with van der Waals surface area (Å²) in [5.41, 5.74) is 0.483. The zero-order chi connectivity index (χ0) is 16.2. The summed E-state index contributed by atoms with van der Waals surface area (Å²) < 4.78 is 24.6. The normalized spacial score (nSPS) is 11.4. The molecule has 120 valence electrons. The molecule has 3 N–H and O–H groups in total. The number of thioether (sulfide) groups is 1. The number of H-pyrrole nitrogens is 1. The lowest BCUT2D eigenvalue weighted by molar-refractivity contribution is 0.0959. The molecular formula is C10H14N6O3S3. The van der Waals surface area contributed by atoms with Crippen molar-refractivity contribution in [3.63, 3.8) is 0 Å². The van der Waals surface area contributed by atoms with E-state index in [4.69, 9.17) is 0 Å². The van der Waals surface area contributed by atoms with Crippen molar-refractivity contribution < 1.29 is 13.2 Å². The number of aryl methyl sites for hydroxylation is 1. The van der Waals surface area contributed by atoms with E-state index in [-0.39, 0.29) is 11.0 Å². The predicted octanol–water partition coefficient (Wildman–Crippen LogP) is 0.463. The van der Waals surface area contributed by atoms with Crippen LogP contribution >= 0.6 is 23.1 Å². The van der Waals surface area contributed by atoms with Gasteiger partial charge in [-0.05, 0) is 6.92 Å². The van der Waals surface area contributed by atoms with Gasteiger partial charge < -0.3 is 5.32 Å². The summed E-state index contributed by atoms with van der Waals surface area (Å²) in [4.78, 5) is 20.4. The van der Waals surface area contributed by atoms with Gasteiger partial charge in [0.1, 0.15) is 11.2 Å². The van der Waals surface area contributed by atoms with Crippen LogP contribution in [-0.2, 0) is 10.0 Å². The highest BCUT2D eigenvalue weighted by Gasteiger charge is 2.16. The first kappa shape index (κ1) is 16.7. The molecule has 0 aliphatic heterocycles.